The van der Waals surface area contributed by atoms with Crippen LogP contribution in [0.4, 0.5) is 0 Å². The minimum atomic E-state index is 0.337. The molecule has 3 atom stereocenters. The summed E-state index contributed by atoms with van der Waals surface area (Å²) in [7, 11) is 0. The van der Waals surface area contributed by atoms with Gasteiger partial charge >= 0.3 is 0 Å². The van der Waals surface area contributed by atoms with Crippen molar-refractivity contribution in [1.82, 2.24) is 10.3 Å². The molecule has 3 nitrogen and oxygen atoms in total. The topological polar surface area (TPSA) is 34.1 Å². The molecule has 1 aliphatic heterocycles. The van der Waals surface area contributed by atoms with Crippen molar-refractivity contribution in [2.24, 2.45) is 5.92 Å². The minimum Gasteiger partial charge on any atom is -0.381 e. The lowest BCUT2D eigenvalue weighted by atomic mass is 9.96. The van der Waals surface area contributed by atoms with Crippen LogP contribution in [-0.4, -0.2) is 24.2 Å². The molecule has 106 valence electrons. The van der Waals surface area contributed by atoms with Gasteiger partial charge in [-0.25, -0.2) is 0 Å². The van der Waals surface area contributed by atoms with Crippen molar-refractivity contribution in [1.29, 1.82) is 0 Å². The van der Waals surface area contributed by atoms with Crippen LogP contribution < -0.4 is 5.32 Å². The summed E-state index contributed by atoms with van der Waals surface area (Å²) >= 11 is 0. The summed E-state index contributed by atoms with van der Waals surface area (Å²) in [6.07, 6.45) is 1.17. The maximum absolute atomic E-state index is 5.48. The smallest absolute Gasteiger partial charge is 0.0509 e. The van der Waals surface area contributed by atoms with Crippen LogP contribution in [0.1, 0.15) is 48.8 Å². The van der Waals surface area contributed by atoms with E-state index >= 15 is 0 Å². The van der Waals surface area contributed by atoms with Crippen LogP contribution >= 0.6 is 0 Å². The molecule has 1 fully saturated rings. The second-order valence-electron chi connectivity index (χ2n) is 5.88. The molecule has 0 aromatic carbocycles. The van der Waals surface area contributed by atoms with E-state index in [0.717, 1.165) is 24.6 Å². The number of aromatic nitrogens is 1. The molecule has 2 rings (SSSR count). The van der Waals surface area contributed by atoms with Crippen LogP contribution in [0.25, 0.3) is 0 Å². The van der Waals surface area contributed by atoms with Crippen molar-refractivity contribution in [2.75, 3.05) is 13.2 Å². The third-order valence-corrected chi connectivity index (χ3v) is 4.20. The lowest BCUT2D eigenvalue weighted by Crippen LogP contribution is -2.36. The van der Waals surface area contributed by atoms with E-state index in [0.29, 0.717) is 18.0 Å². The molecule has 3 heteroatoms. The zero-order valence-electron chi connectivity index (χ0n) is 12.8. The van der Waals surface area contributed by atoms with Crippen LogP contribution in [-0.2, 0) is 4.74 Å². The van der Waals surface area contributed by atoms with Crippen molar-refractivity contribution in [3.05, 3.63) is 28.6 Å². The van der Waals surface area contributed by atoms with E-state index in [9.17, 15) is 0 Å². The largest absolute Gasteiger partial charge is 0.381 e. The van der Waals surface area contributed by atoms with E-state index < -0.39 is 0 Å². The summed E-state index contributed by atoms with van der Waals surface area (Å²) in [5.74, 6) is 0.640. The highest BCUT2D eigenvalue weighted by atomic mass is 16.5. The van der Waals surface area contributed by atoms with E-state index in [1.165, 1.54) is 17.5 Å². The Kier molecular flexibility index (Phi) is 4.58. The number of hydrogen-bond acceptors (Lipinski definition) is 3. The Morgan fingerprint density at radius 1 is 1.32 bits per heavy atom. The quantitative estimate of drug-likeness (QED) is 0.905. The number of nitrogens with one attached hydrogen (secondary N) is 1. The average Bonchev–Trinajstić information content (AvgIpc) is 2.80. The van der Waals surface area contributed by atoms with Gasteiger partial charge in [0, 0.05) is 30.1 Å². The van der Waals surface area contributed by atoms with Crippen LogP contribution in [0.3, 0.4) is 0 Å². The van der Waals surface area contributed by atoms with Gasteiger partial charge in [-0.05, 0) is 64.2 Å². The maximum atomic E-state index is 5.48. The zero-order chi connectivity index (χ0) is 14.0. The van der Waals surface area contributed by atoms with Gasteiger partial charge in [0.2, 0.25) is 0 Å². The number of hydrogen-bond donors (Lipinski definition) is 1. The minimum absolute atomic E-state index is 0.337. The zero-order valence-corrected chi connectivity index (χ0v) is 12.8. The fourth-order valence-corrected chi connectivity index (χ4v) is 3.25. The van der Waals surface area contributed by atoms with Gasteiger partial charge in [0.15, 0.2) is 0 Å². The normalized spacial score (nSPS) is 22.5. The Morgan fingerprint density at radius 2 is 2.05 bits per heavy atom. The van der Waals surface area contributed by atoms with Gasteiger partial charge in [-0.1, -0.05) is 0 Å². The highest BCUT2D eigenvalue weighted by Crippen LogP contribution is 2.24. The van der Waals surface area contributed by atoms with Gasteiger partial charge < -0.3 is 10.1 Å². The second-order valence-corrected chi connectivity index (χ2v) is 5.88. The summed E-state index contributed by atoms with van der Waals surface area (Å²) in [6, 6.07) is 2.99. The molecule has 0 radical (unpaired) electrons. The van der Waals surface area contributed by atoms with Crippen molar-refractivity contribution in [3.63, 3.8) is 0 Å². The average molecular weight is 262 g/mol. The van der Waals surface area contributed by atoms with Crippen LogP contribution in [0.5, 0.6) is 0 Å². The Morgan fingerprint density at radius 3 is 2.63 bits per heavy atom. The molecule has 0 bridgehead atoms. The first kappa shape index (κ1) is 14.5. The molecule has 3 unspecified atom stereocenters. The van der Waals surface area contributed by atoms with Gasteiger partial charge in [0.1, 0.15) is 0 Å². The van der Waals surface area contributed by atoms with Gasteiger partial charge in [-0.15, -0.1) is 0 Å². The molecular weight excluding hydrogens is 236 g/mol. The number of ether oxygens (including phenoxy) is 1. The Bertz CT molecular complexity index is 415. The molecular formula is C16H26N2O. The van der Waals surface area contributed by atoms with E-state index in [-0.39, 0.29) is 0 Å². The van der Waals surface area contributed by atoms with Gasteiger partial charge in [-0.2, -0.15) is 0 Å². The van der Waals surface area contributed by atoms with Gasteiger partial charge in [-0.3, -0.25) is 4.98 Å². The third-order valence-electron chi connectivity index (χ3n) is 4.20. The molecule has 1 saturated heterocycles. The maximum Gasteiger partial charge on any atom is 0.0509 e. The molecule has 2 heterocycles. The van der Waals surface area contributed by atoms with Crippen molar-refractivity contribution >= 4 is 0 Å². The molecule has 1 aromatic rings. The van der Waals surface area contributed by atoms with Crippen LogP contribution in [0.2, 0.25) is 0 Å². The van der Waals surface area contributed by atoms with Crippen LogP contribution in [0.15, 0.2) is 6.07 Å². The summed E-state index contributed by atoms with van der Waals surface area (Å²) in [6.45, 7) is 12.6. The highest BCUT2D eigenvalue weighted by Gasteiger charge is 2.24. The summed E-state index contributed by atoms with van der Waals surface area (Å²) in [4.78, 5) is 4.60. The standard InChI is InChI=1S/C16H26N2O/c1-10-8-11(2)17-13(4)16(10)14(5)18-12(3)15-6-7-19-9-15/h8,12,14-15,18H,6-7,9H2,1-5H3. The lowest BCUT2D eigenvalue weighted by Gasteiger charge is -2.26. The number of aryl methyl sites for hydroxylation is 3. The fraction of sp³-hybridized carbons (Fsp3) is 0.688. The lowest BCUT2D eigenvalue weighted by molar-refractivity contribution is 0.177. The van der Waals surface area contributed by atoms with E-state index in [4.69, 9.17) is 4.74 Å². The first-order valence-electron chi connectivity index (χ1n) is 7.27. The monoisotopic (exact) mass is 262 g/mol. The van der Waals surface area contributed by atoms with Crippen molar-refractivity contribution in [2.45, 2.75) is 53.1 Å². The number of pyridine rings is 1. The molecule has 0 amide bonds. The summed E-state index contributed by atoms with van der Waals surface area (Å²) < 4.78 is 5.48. The van der Waals surface area contributed by atoms with Crippen molar-refractivity contribution < 1.29 is 4.74 Å². The van der Waals surface area contributed by atoms with E-state index in [1.54, 1.807) is 0 Å². The first-order chi connectivity index (χ1) is 8.99. The fourth-order valence-electron chi connectivity index (χ4n) is 3.25. The van der Waals surface area contributed by atoms with Crippen molar-refractivity contribution in [3.8, 4) is 0 Å². The molecule has 1 N–H and O–H groups in total. The number of nitrogens with zero attached hydrogens (tertiary/aromatic N) is 1. The second kappa shape index (κ2) is 6.02. The Labute approximate surface area is 116 Å². The highest BCUT2D eigenvalue weighted by molar-refractivity contribution is 5.33. The molecule has 0 aliphatic carbocycles. The van der Waals surface area contributed by atoms with E-state index in [1.807, 2.05) is 0 Å². The summed E-state index contributed by atoms with van der Waals surface area (Å²) in [5.41, 5.74) is 4.92. The first-order valence-corrected chi connectivity index (χ1v) is 7.27. The molecule has 19 heavy (non-hydrogen) atoms. The predicted molar refractivity (Wildman–Crippen MR) is 78.4 cm³/mol. The van der Waals surface area contributed by atoms with E-state index in [2.05, 4.69) is 51.0 Å². The summed E-state index contributed by atoms with van der Waals surface area (Å²) in [5, 5.41) is 3.72. The Balaban J connectivity index is 2.09. The number of rotatable bonds is 4. The molecule has 0 saturated carbocycles. The predicted octanol–water partition coefficient (Wildman–Crippen LogP) is 3.08. The molecule has 0 spiro atoms. The SMILES string of the molecule is Cc1cc(C)c(C(C)NC(C)C2CCOC2)c(C)n1. The van der Waals surface area contributed by atoms with Gasteiger partial charge in [0.25, 0.3) is 0 Å². The molecule has 1 aliphatic rings. The van der Waals surface area contributed by atoms with Crippen LogP contribution in [0, 0.1) is 26.7 Å². The third kappa shape index (κ3) is 3.34. The Hall–Kier alpha value is -0.930. The molecule has 1 aromatic heterocycles. The van der Waals surface area contributed by atoms with Gasteiger partial charge in [0.05, 0.1) is 6.61 Å².